The number of nitrogens with two attached hydrogens (primary N) is 1. The predicted octanol–water partition coefficient (Wildman–Crippen LogP) is 2.67. The molecule has 1 fully saturated rings. The minimum absolute atomic E-state index is 0.145. The first kappa shape index (κ1) is 12.8. The highest BCUT2D eigenvalue weighted by molar-refractivity contribution is 5.58. The topological polar surface area (TPSA) is 97.4 Å². The van der Waals surface area contributed by atoms with E-state index < -0.39 is 5.41 Å². The lowest BCUT2D eigenvalue weighted by molar-refractivity contribution is 0.0972. The number of allylic oxidation sites excluding steroid dienone is 4. The number of nitriles is 3. The van der Waals surface area contributed by atoms with Crippen LogP contribution in [0.1, 0.15) is 38.5 Å². The number of hydrogen-bond acceptors (Lipinski definition) is 4. The fraction of sp³-hybridized carbons (Fsp3) is 0.562. The maximum atomic E-state index is 9.76. The van der Waals surface area contributed by atoms with Gasteiger partial charge in [-0.2, -0.15) is 15.8 Å². The smallest absolute Gasteiger partial charge is 0.190 e. The van der Waals surface area contributed by atoms with Crippen molar-refractivity contribution in [3.8, 4) is 18.2 Å². The summed E-state index contributed by atoms with van der Waals surface area (Å²) in [6.45, 7) is 0. The van der Waals surface area contributed by atoms with Gasteiger partial charge in [-0.15, -0.1) is 0 Å². The molecule has 0 heterocycles. The van der Waals surface area contributed by atoms with E-state index in [0.717, 1.165) is 44.1 Å². The zero-order valence-corrected chi connectivity index (χ0v) is 11.3. The van der Waals surface area contributed by atoms with Gasteiger partial charge in [-0.25, -0.2) is 0 Å². The first-order chi connectivity index (χ1) is 9.66. The number of fused-ring (bicyclic) bond motifs is 2. The van der Waals surface area contributed by atoms with Gasteiger partial charge in [0.1, 0.15) is 6.07 Å². The Hall–Kier alpha value is -2.25. The lowest BCUT2D eigenvalue weighted by Crippen LogP contribution is -2.50. The van der Waals surface area contributed by atoms with E-state index in [1.54, 1.807) is 0 Å². The van der Waals surface area contributed by atoms with Crippen LogP contribution in [-0.4, -0.2) is 0 Å². The molecule has 0 aliphatic heterocycles. The average Bonchev–Trinajstić information content (AvgIpc) is 3.11. The first-order valence-corrected chi connectivity index (χ1v) is 7.10. The van der Waals surface area contributed by atoms with Crippen molar-refractivity contribution in [2.45, 2.75) is 38.5 Å². The molecular formula is C16H16N4. The molecule has 3 aliphatic carbocycles. The summed E-state index contributed by atoms with van der Waals surface area (Å²) in [7, 11) is 0. The largest absolute Gasteiger partial charge is 0.399 e. The minimum atomic E-state index is -1.33. The Kier molecular flexibility index (Phi) is 2.63. The van der Waals surface area contributed by atoms with E-state index in [0.29, 0.717) is 5.57 Å². The van der Waals surface area contributed by atoms with Crippen LogP contribution in [0.5, 0.6) is 0 Å². The monoisotopic (exact) mass is 264 g/mol. The van der Waals surface area contributed by atoms with Gasteiger partial charge in [-0.1, -0.05) is 18.9 Å². The van der Waals surface area contributed by atoms with Crippen LogP contribution in [0.2, 0.25) is 0 Å². The highest BCUT2D eigenvalue weighted by Crippen LogP contribution is 2.65. The summed E-state index contributed by atoms with van der Waals surface area (Å²) in [4.78, 5) is 0. The third-order valence-electron chi connectivity index (χ3n) is 5.51. The lowest BCUT2D eigenvalue weighted by Gasteiger charge is -2.49. The Labute approximate surface area is 118 Å². The number of hydrogen-bond donors (Lipinski definition) is 1. The first-order valence-electron chi connectivity index (χ1n) is 7.10. The van der Waals surface area contributed by atoms with Gasteiger partial charge in [-0.3, -0.25) is 0 Å². The molecule has 1 spiro atoms. The van der Waals surface area contributed by atoms with Crippen molar-refractivity contribution < 1.29 is 0 Å². The van der Waals surface area contributed by atoms with E-state index in [1.165, 1.54) is 0 Å². The molecule has 0 aromatic rings. The second-order valence-electron chi connectivity index (χ2n) is 6.03. The minimum Gasteiger partial charge on any atom is -0.399 e. The molecule has 0 amide bonds. The maximum absolute atomic E-state index is 9.76. The van der Waals surface area contributed by atoms with Crippen LogP contribution in [0.3, 0.4) is 0 Å². The molecule has 4 heteroatoms. The number of rotatable bonds is 0. The van der Waals surface area contributed by atoms with Crippen molar-refractivity contribution in [3.05, 3.63) is 22.9 Å². The van der Waals surface area contributed by atoms with Crippen LogP contribution in [-0.2, 0) is 0 Å². The average molecular weight is 264 g/mol. The van der Waals surface area contributed by atoms with Crippen molar-refractivity contribution in [1.82, 2.24) is 0 Å². The van der Waals surface area contributed by atoms with E-state index in [4.69, 9.17) is 5.73 Å². The summed E-state index contributed by atoms with van der Waals surface area (Å²) < 4.78 is 0. The zero-order valence-electron chi connectivity index (χ0n) is 11.3. The molecule has 2 N–H and O–H groups in total. The van der Waals surface area contributed by atoms with Crippen LogP contribution in [0.15, 0.2) is 22.9 Å². The summed E-state index contributed by atoms with van der Waals surface area (Å²) in [6, 6.07) is 6.55. The molecule has 0 bridgehead atoms. The van der Waals surface area contributed by atoms with Gasteiger partial charge in [0.05, 0.1) is 23.4 Å². The zero-order chi connectivity index (χ0) is 14.4. The van der Waals surface area contributed by atoms with Crippen LogP contribution in [0.25, 0.3) is 0 Å². The van der Waals surface area contributed by atoms with Gasteiger partial charge in [0.2, 0.25) is 0 Å². The van der Waals surface area contributed by atoms with E-state index in [1.807, 2.05) is 0 Å². The third kappa shape index (κ3) is 1.19. The molecule has 3 aliphatic rings. The molecule has 4 nitrogen and oxygen atoms in total. The van der Waals surface area contributed by atoms with Gasteiger partial charge in [0, 0.05) is 5.41 Å². The summed E-state index contributed by atoms with van der Waals surface area (Å²) in [6.07, 6.45) is 7.69. The van der Waals surface area contributed by atoms with Crippen molar-refractivity contribution in [2.75, 3.05) is 0 Å². The number of nitrogens with zero attached hydrogens (tertiary/aromatic N) is 3. The van der Waals surface area contributed by atoms with Gasteiger partial charge >= 0.3 is 0 Å². The highest BCUT2D eigenvalue weighted by Gasteiger charge is 2.64. The molecule has 0 unspecified atom stereocenters. The predicted molar refractivity (Wildman–Crippen MR) is 72.2 cm³/mol. The Balaban J connectivity index is 2.34. The fourth-order valence-electron chi connectivity index (χ4n) is 4.65. The van der Waals surface area contributed by atoms with Crippen molar-refractivity contribution >= 4 is 0 Å². The van der Waals surface area contributed by atoms with Crippen molar-refractivity contribution in [1.29, 1.82) is 15.8 Å². The molecule has 100 valence electrons. The standard InChI is InChI=1S/C16H16N4/c17-8-12-11-4-3-5-13(11)15(6-1-2-7-15)16(9-18,10-19)14(12)20/h4,13H,1-3,5-7,20H2/t13-/m1/s1. The second-order valence-corrected chi connectivity index (χ2v) is 6.03. The highest BCUT2D eigenvalue weighted by atomic mass is 14.8. The van der Waals surface area contributed by atoms with Gasteiger partial charge in [0.25, 0.3) is 0 Å². The Morgan fingerprint density at radius 3 is 2.35 bits per heavy atom. The SMILES string of the molecule is N#CC1=C(N)C(C#N)(C#N)C2(CCCC2)[C@@H]2CCC=C12. The summed E-state index contributed by atoms with van der Waals surface area (Å²) in [5.74, 6) is 0.145. The summed E-state index contributed by atoms with van der Waals surface area (Å²) in [5.41, 5.74) is 6.02. The Bertz CT molecular complexity index is 627. The molecule has 1 saturated carbocycles. The summed E-state index contributed by atoms with van der Waals surface area (Å²) in [5, 5.41) is 28.9. The molecule has 0 saturated heterocycles. The van der Waals surface area contributed by atoms with Gasteiger partial charge in [0.15, 0.2) is 5.41 Å². The van der Waals surface area contributed by atoms with Crippen LogP contribution in [0.4, 0.5) is 0 Å². The Morgan fingerprint density at radius 2 is 1.80 bits per heavy atom. The van der Waals surface area contributed by atoms with Gasteiger partial charge in [-0.05, 0) is 37.2 Å². The molecule has 1 atom stereocenters. The van der Waals surface area contributed by atoms with Crippen LogP contribution in [0, 0.1) is 50.7 Å². The molecule has 3 rings (SSSR count). The van der Waals surface area contributed by atoms with E-state index in [-0.39, 0.29) is 17.0 Å². The summed E-state index contributed by atoms with van der Waals surface area (Å²) >= 11 is 0. The maximum Gasteiger partial charge on any atom is 0.190 e. The lowest BCUT2D eigenvalue weighted by atomic mass is 9.50. The van der Waals surface area contributed by atoms with E-state index in [2.05, 4.69) is 24.3 Å². The third-order valence-corrected chi connectivity index (χ3v) is 5.51. The van der Waals surface area contributed by atoms with E-state index in [9.17, 15) is 15.8 Å². The van der Waals surface area contributed by atoms with Crippen molar-refractivity contribution in [3.63, 3.8) is 0 Å². The van der Waals surface area contributed by atoms with Crippen molar-refractivity contribution in [2.24, 2.45) is 22.5 Å². The molecule has 0 radical (unpaired) electrons. The quantitative estimate of drug-likeness (QED) is 0.727. The van der Waals surface area contributed by atoms with Gasteiger partial charge < -0.3 is 5.73 Å². The van der Waals surface area contributed by atoms with Crippen LogP contribution < -0.4 is 5.73 Å². The second kappa shape index (κ2) is 4.12. The molecular weight excluding hydrogens is 248 g/mol. The molecule has 0 aromatic carbocycles. The molecule has 0 aromatic heterocycles. The van der Waals surface area contributed by atoms with E-state index >= 15 is 0 Å². The van der Waals surface area contributed by atoms with Crippen LogP contribution >= 0.6 is 0 Å². The normalized spacial score (nSPS) is 29.2. The Morgan fingerprint density at radius 1 is 1.15 bits per heavy atom. The molecule has 20 heavy (non-hydrogen) atoms. The fourth-order valence-corrected chi connectivity index (χ4v) is 4.65.